The van der Waals surface area contributed by atoms with Gasteiger partial charge in [0.15, 0.2) is 6.04 Å². The number of ether oxygens (including phenoxy) is 1. The predicted octanol–water partition coefficient (Wildman–Crippen LogP) is 10.4. The third-order valence-corrected chi connectivity index (χ3v) is 9.88. The molecular formula is C42H76NO10P. The topological polar surface area (TPSA) is 169 Å². The molecule has 0 radical (unpaired) electrons. The summed E-state index contributed by atoms with van der Waals surface area (Å²) in [5.41, 5.74) is 0. The standard InChI is InChI=1S/C42H76NO10P/c1-3-5-7-9-11-13-14-15-16-17-18-19-20-21-22-23-24-26-27-29-31-33-40(45)43-39(42(47)48)37-53-54(49,50)52-36-38(44)35-51-41(46)34-32-30-28-25-12-10-8-6-4-2/h11,13,15-16,18-19,38-39,44H,3-10,12,14,17,20-37H2,1-2H3,(H,43,45)(H,47,48)(H,49,50)/b13-11-,16-15-,19-18-. The zero-order chi connectivity index (χ0) is 40.0. The molecule has 54 heavy (non-hydrogen) atoms. The Balaban J connectivity index is 3.92. The van der Waals surface area contributed by atoms with E-state index in [1.54, 1.807) is 0 Å². The zero-order valence-electron chi connectivity index (χ0n) is 33.8. The number of aliphatic hydroxyl groups is 1. The van der Waals surface area contributed by atoms with Gasteiger partial charge in [0.05, 0.1) is 13.2 Å². The number of phosphoric acid groups is 1. The van der Waals surface area contributed by atoms with Crippen molar-refractivity contribution >= 4 is 25.7 Å². The van der Waals surface area contributed by atoms with Crippen molar-refractivity contribution in [2.45, 2.75) is 193 Å². The minimum absolute atomic E-state index is 0.137. The molecule has 0 aromatic carbocycles. The summed E-state index contributed by atoms with van der Waals surface area (Å²) in [6.07, 6.45) is 38.9. The van der Waals surface area contributed by atoms with Crippen LogP contribution in [0.4, 0.5) is 0 Å². The molecule has 1 amide bonds. The number of allylic oxidation sites excluding steroid dienone is 6. The van der Waals surface area contributed by atoms with E-state index in [9.17, 15) is 34.1 Å². The number of amides is 1. The van der Waals surface area contributed by atoms with Crippen molar-refractivity contribution in [3.8, 4) is 0 Å². The normalized spacial score (nSPS) is 14.1. The largest absolute Gasteiger partial charge is 0.480 e. The molecule has 0 bridgehead atoms. The van der Waals surface area contributed by atoms with Crippen LogP contribution in [0.2, 0.25) is 0 Å². The van der Waals surface area contributed by atoms with E-state index in [0.717, 1.165) is 64.2 Å². The summed E-state index contributed by atoms with van der Waals surface area (Å²) < 4.78 is 26.7. The van der Waals surface area contributed by atoms with Crippen molar-refractivity contribution in [3.05, 3.63) is 36.5 Å². The van der Waals surface area contributed by atoms with Gasteiger partial charge in [-0.2, -0.15) is 0 Å². The molecule has 314 valence electrons. The number of unbranched alkanes of at least 4 members (excludes halogenated alkanes) is 19. The number of hydrogen-bond donors (Lipinski definition) is 4. The van der Waals surface area contributed by atoms with Gasteiger partial charge in [-0.25, -0.2) is 9.36 Å². The van der Waals surface area contributed by atoms with E-state index in [0.29, 0.717) is 12.8 Å². The average molecular weight is 786 g/mol. The molecule has 0 aliphatic heterocycles. The quantitative estimate of drug-likeness (QED) is 0.0204. The lowest BCUT2D eigenvalue weighted by Crippen LogP contribution is -2.43. The van der Waals surface area contributed by atoms with Crippen molar-refractivity contribution in [2.24, 2.45) is 0 Å². The Bertz CT molecular complexity index is 1060. The molecule has 0 aliphatic carbocycles. The van der Waals surface area contributed by atoms with Gasteiger partial charge in [-0.3, -0.25) is 18.6 Å². The molecule has 0 heterocycles. The van der Waals surface area contributed by atoms with Crippen LogP contribution < -0.4 is 5.32 Å². The summed E-state index contributed by atoms with van der Waals surface area (Å²) >= 11 is 0. The molecule has 11 nitrogen and oxygen atoms in total. The van der Waals surface area contributed by atoms with E-state index in [1.165, 1.54) is 77.0 Å². The molecule has 0 spiro atoms. The average Bonchev–Trinajstić information content (AvgIpc) is 3.14. The Kier molecular flexibility index (Phi) is 36.0. The first-order valence-corrected chi connectivity index (χ1v) is 22.5. The maximum atomic E-state index is 12.3. The summed E-state index contributed by atoms with van der Waals surface area (Å²) in [5, 5.41) is 21.8. The van der Waals surface area contributed by atoms with E-state index < -0.39 is 57.6 Å². The van der Waals surface area contributed by atoms with Gasteiger partial charge in [-0.1, -0.05) is 153 Å². The van der Waals surface area contributed by atoms with Crippen LogP contribution in [-0.2, 0) is 32.7 Å². The third-order valence-electron chi connectivity index (χ3n) is 8.93. The highest BCUT2D eigenvalue weighted by atomic mass is 31.2. The number of carbonyl (C=O) groups is 3. The number of rotatable bonds is 39. The SMILES string of the molecule is CCCCC/C=C\C/C=C\C/C=C\CCCCCCCCCCC(=O)NC(COP(=O)(O)OCC(O)COC(=O)CCCCCCCCCCC)C(=O)O. The van der Waals surface area contributed by atoms with Crippen LogP contribution in [0.3, 0.4) is 0 Å². The minimum Gasteiger partial charge on any atom is -0.480 e. The van der Waals surface area contributed by atoms with Crippen LogP contribution in [-0.4, -0.2) is 64.9 Å². The van der Waals surface area contributed by atoms with E-state index in [4.69, 9.17) is 13.8 Å². The maximum absolute atomic E-state index is 12.3. The van der Waals surface area contributed by atoms with Gasteiger partial charge in [0.2, 0.25) is 5.91 Å². The summed E-state index contributed by atoms with van der Waals surface area (Å²) in [4.78, 5) is 45.7. The Morgan fingerprint density at radius 2 is 1.02 bits per heavy atom. The second kappa shape index (κ2) is 37.6. The molecule has 3 atom stereocenters. The molecule has 0 saturated heterocycles. The van der Waals surface area contributed by atoms with E-state index >= 15 is 0 Å². The second-order valence-corrected chi connectivity index (χ2v) is 15.6. The number of nitrogens with one attached hydrogen (secondary N) is 1. The first-order valence-electron chi connectivity index (χ1n) is 21.0. The van der Waals surface area contributed by atoms with E-state index in [1.807, 2.05) is 0 Å². The fourth-order valence-electron chi connectivity index (χ4n) is 5.62. The summed E-state index contributed by atoms with van der Waals surface area (Å²) in [6, 6.07) is -1.55. The van der Waals surface area contributed by atoms with E-state index in [2.05, 4.69) is 55.6 Å². The molecule has 0 aromatic heterocycles. The fraction of sp³-hybridized carbons (Fsp3) is 0.786. The van der Waals surface area contributed by atoms with Crippen LogP contribution in [0.25, 0.3) is 0 Å². The Hall–Kier alpha value is -2.30. The fourth-order valence-corrected chi connectivity index (χ4v) is 6.39. The number of aliphatic hydroxyl groups excluding tert-OH is 1. The molecule has 0 aliphatic rings. The van der Waals surface area contributed by atoms with Gasteiger partial charge in [0, 0.05) is 12.8 Å². The molecule has 3 unspecified atom stereocenters. The number of phosphoric ester groups is 1. The van der Waals surface area contributed by atoms with Crippen LogP contribution in [0.1, 0.15) is 181 Å². The minimum atomic E-state index is -4.75. The number of aliphatic carboxylic acids is 1. The predicted molar refractivity (Wildman–Crippen MR) is 217 cm³/mol. The first kappa shape index (κ1) is 51.7. The molecule has 0 rings (SSSR count). The number of carbonyl (C=O) groups excluding carboxylic acids is 2. The Morgan fingerprint density at radius 1 is 0.593 bits per heavy atom. The van der Waals surface area contributed by atoms with Crippen LogP contribution in [0, 0.1) is 0 Å². The lowest BCUT2D eigenvalue weighted by Gasteiger charge is -2.18. The van der Waals surface area contributed by atoms with E-state index in [-0.39, 0.29) is 12.8 Å². The van der Waals surface area contributed by atoms with Gasteiger partial charge in [0.25, 0.3) is 0 Å². The molecule has 0 fully saturated rings. The van der Waals surface area contributed by atoms with Crippen LogP contribution in [0.15, 0.2) is 36.5 Å². The van der Waals surface area contributed by atoms with Crippen molar-refractivity contribution in [2.75, 3.05) is 19.8 Å². The molecule has 0 saturated carbocycles. The van der Waals surface area contributed by atoms with Gasteiger partial charge < -0.3 is 25.2 Å². The van der Waals surface area contributed by atoms with Crippen molar-refractivity contribution < 1.29 is 47.8 Å². The number of carboxylic acid groups (broad SMARTS) is 1. The third kappa shape index (κ3) is 36.7. The lowest BCUT2D eigenvalue weighted by atomic mass is 10.1. The Morgan fingerprint density at radius 3 is 1.56 bits per heavy atom. The van der Waals surface area contributed by atoms with Gasteiger partial charge in [-0.05, 0) is 51.4 Å². The lowest BCUT2D eigenvalue weighted by molar-refractivity contribution is -0.147. The Labute approximate surface area is 327 Å². The maximum Gasteiger partial charge on any atom is 0.472 e. The summed E-state index contributed by atoms with van der Waals surface area (Å²) in [5.74, 6) is -2.38. The van der Waals surface area contributed by atoms with Gasteiger partial charge in [-0.15, -0.1) is 0 Å². The van der Waals surface area contributed by atoms with Gasteiger partial charge in [0.1, 0.15) is 12.7 Å². The summed E-state index contributed by atoms with van der Waals surface area (Å²) in [6.45, 7) is 2.52. The molecule has 0 aromatic rings. The van der Waals surface area contributed by atoms with Crippen molar-refractivity contribution in [1.29, 1.82) is 0 Å². The van der Waals surface area contributed by atoms with Crippen LogP contribution in [0.5, 0.6) is 0 Å². The molecular weight excluding hydrogens is 709 g/mol. The first-order chi connectivity index (χ1) is 26.1. The summed E-state index contributed by atoms with van der Waals surface area (Å²) in [7, 11) is -4.75. The number of esters is 1. The van der Waals surface area contributed by atoms with Gasteiger partial charge >= 0.3 is 19.8 Å². The van der Waals surface area contributed by atoms with Crippen molar-refractivity contribution in [1.82, 2.24) is 5.32 Å². The number of carboxylic acids is 1. The van der Waals surface area contributed by atoms with Crippen LogP contribution >= 0.6 is 7.82 Å². The molecule has 4 N–H and O–H groups in total. The highest BCUT2D eigenvalue weighted by Crippen LogP contribution is 2.43. The highest BCUT2D eigenvalue weighted by Gasteiger charge is 2.28. The smallest absolute Gasteiger partial charge is 0.472 e. The van der Waals surface area contributed by atoms with Crippen molar-refractivity contribution in [3.63, 3.8) is 0 Å². The highest BCUT2D eigenvalue weighted by molar-refractivity contribution is 7.47. The second-order valence-electron chi connectivity index (χ2n) is 14.2. The number of hydrogen-bond acceptors (Lipinski definition) is 8. The monoisotopic (exact) mass is 786 g/mol. The zero-order valence-corrected chi connectivity index (χ0v) is 34.7. The molecule has 12 heteroatoms.